The monoisotopic (exact) mass is 365 g/mol. The van der Waals surface area contributed by atoms with Gasteiger partial charge in [-0.1, -0.05) is 6.07 Å². The Bertz CT molecular complexity index is 715. The van der Waals surface area contributed by atoms with E-state index in [9.17, 15) is 14.4 Å². The van der Waals surface area contributed by atoms with Gasteiger partial charge >= 0.3 is 5.97 Å². The predicted molar refractivity (Wildman–Crippen MR) is 93.5 cm³/mol. The Morgan fingerprint density at radius 1 is 1.24 bits per heavy atom. The highest BCUT2D eigenvalue weighted by molar-refractivity contribution is 8.18. The van der Waals surface area contributed by atoms with E-state index >= 15 is 0 Å². The van der Waals surface area contributed by atoms with Crippen molar-refractivity contribution in [2.24, 2.45) is 0 Å². The van der Waals surface area contributed by atoms with Crippen LogP contribution in [0.2, 0.25) is 0 Å². The van der Waals surface area contributed by atoms with Gasteiger partial charge < -0.3 is 14.2 Å². The third-order valence-corrected chi connectivity index (χ3v) is 4.23. The maximum atomic E-state index is 12.1. The lowest BCUT2D eigenvalue weighted by Gasteiger charge is -2.11. The first-order valence-corrected chi connectivity index (χ1v) is 8.53. The van der Waals surface area contributed by atoms with Crippen molar-refractivity contribution in [3.8, 4) is 11.5 Å². The third-order valence-electron chi connectivity index (χ3n) is 3.33. The number of nitrogens with zero attached hydrogens (tertiary/aromatic N) is 1. The van der Waals surface area contributed by atoms with E-state index in [-0.39, 0.29) is 24.4 Å². The van der Waals surface area contributed by atoms with Crippen LogP contribution in [0.1, 0.15) is 19.4 Å². The van der Waals surface area contributed by atoms with E-state index in [1.54, 1.807) is 38.1 Å². The molecule has 0 saturated carbocycles. The highest BCUT2D eigenvalue weighted by atomic mass is 32.2. The zero-order chi connectivity index (χ0) is 18.4. The summed E-state index contributed by atoms with van der Waals surface area (Å²) in [6, 6.07) is 5.01. The molecule has 1 aromatic rings. The Balaban J connectivity index is 2.16. The zero-order valence-electron chi connectivity index (χ0n) is 14.2. The van der Waals surface area contributed by atoms with Gasteiger partial charge in [-0.05, 0) is 49.4 Å². The highest BCUT2D eigenvalue weighted by Gasteiger charge is 2.33. The SMILES string of the molecule is CCOC(=O)COc1ccc(C=C2SC(=O)N(CC)C2=O)cc1OC. The smallest absolute Gasteiger partial charge is 0.344 e. The number of carbonyl (C=O) groups is 3. The lowest BCUT2D eigenvalue weighted by atomic mass is 10.2. The summed E-state index contributed by atoms with van der Waals surface area (Å²) in [4.78, 5) is 36.8. The Kier molecular flexibility index (Phi) is 6.46. The van der Waals surface area contributed by atoms with Crippen LogP contribution in [0.25, 0.3) is 6.08 Å². The van der Waals surface area contributed by atoms with E-state index < -0.39 is 5.97 Å². The lowest BCUT2D eigenvalue weighted by Crippen LogP contribution is -2.27. The van der Waals surface area contributed by atoms with E-state index in [0.717, 1.165) is 11.8 Å². The minimum Gasteiger partial charge on any atom is -0.493 e. The van der Waals surface area contributed by atoms with Gasteiger partial charge in [0, 0.05) is 6.54 Å². The van der Waals surface area contributed by atoms with Crippen LogP contribution >= 0.6 is 11.8 Å². The number of esters is 1. The van der Waals surface area contributed by atoms with Gasteiger partial charge in [-0.3, -0.25) is 14.5 Å². The van der Waals surface area contributed by atoms with E-state index in [0.29, 0.717) is 28.5 Å². The molecular weight excluding hydrogens is 346 g/mol. The number of methoxy groups -OCH3 is 1. The van der Waals surface area contributed by atoms with Crippen molar-refractivity contribution in [3.63, 3.8) is 0 Å². The number of hydrogen-bond acceptors (Lipinski definition) is 7. The number of carbonyl (C=O) groups excluding carboxylic acids is 3. The van der Waals surface area contributed by atoms with Crippen LogP contribution in [0.3, 0.4) is 0 Å². The maximum absolute atomic E-state index is 12.1. The van der Waals surface area contributed by atoms with Gasteiger partial charge in [-0.25, -0.2) is 4.79 Å². The van der Waals surface area contributed by atoms with Gasteiger partial charge in [0.15, 0.2) is 18.1 Å². The molecule has 1 saturated heterocycles. The van der Waals surface area contributed by atoms with Crippen molar-refractivity contribution in [1.82, 2.24) is 4.90 Å². The molecule has 0 aliphatic carbocycles. The molecular formula is C17H19NO6S. The van der Waals surface area contributed by atoms with Crippen molar-refractivity contribution < 1.29 is 28.6 Å². The van der Waals surface area contributed by atoms with Crippen LogP contribution in [0.5, 0.6) is 11.5 Å². The molecule has 2 amide bonds. The number of amides is 2. The fourth-order valence-electron chi connectivity index (χ4n) is 2.16. The molecule has 1 aliphatic rings. The van der Waals surface area contributed by atoms with Crippen LogP contribution < -0.4 is 9.47 Å². The van der Waals surface area contributed by atoms with Gasteiger partial charge in [0.05, 0.1) is 18.6 Å². The first kappa shape index (κ1) is 18.9. The standard InChI is InChI=1S/C17H19NO6S/c1-4-18-16(20)14(25-17(18)21)9-11-6-7-12(13(8-11)22-3)24-10-15(19)23-5-2/h6-9H,4-5,10H2,1-3H3. The van der Waals surface area contributed by atoms with Crippen LogP contribution in [-0.2, 0) is 14.3 Å². The van der Waals surface area contributed by atoms with Crippen molar-refractivity contribution in [3.05, 3.63) is 28.7 Å². The fraction of sp³-hybridized carbons (Fsp3) is 0.353. The molecule has 0 unspecified atom stereocenters. The summed E-state index contributed by atoms with van der Waals surface area (Å²) < 4.78 is 15.4. The topological polar surface area (TPSA) is 82.1 Å². The second-order valence-electron chi connectivity index (χ2n) is 4.93. The molecule has 0 N–H and O–H groups in total. The summed E-state index contributed by atoms with van der Waals surface area (Å²) in [7, 11) is 1.47. The van der Waals surface area contributed by atoms with E-state index in [1.165, 1.54) is 12.0 Å². The third kappa shape index (κ3) is 4.54. The summed E-state index contributed by atoms with van der Waals surface area (Å²) in [5, 5.41) is -0.278. The second kappa shape index (κ2) is 8.57. The van der Waals surface area contributed by atoms with Crippen molar-refractivity contribution >= 4 is 35.0 Å². The van der Waals surface area contributed by atoms with Gasteiger partial charge in [0.1, 0.15) is 0 Å². The number of imide groups is 1. The summed E-state index contributed by atoms with van der Waals surface area (Å²) in [5.74, 6) is 0.0168. The minimum absolute atomic E-state index is 0.223. The fourth-order valence-corrected chi connectivity index (χ4v) is 3.06. The number of rotatable bonds is 7. The van der Waals surface area contributed by atoms with E-state index in [4.69, 9.17) is 14.2 Å². The molecule has 7 nitrogen and oxygen atoms in total. The average molecular weight is 365 g/mol. The molecule has 1 aliphatic heterocycles. The second-order valence-corrected chi connectivity index (χ2v) is 5.92. The number of benzene rings is 1. The normalized spacial score (nSPS) is 15.6. The molecule has 134 valence electrons. The molecule has 1 heterocycles. The van der Waals surface area contributed by atoms with E-state index in [2.05, 4.69) is 0 Å². The molecule has 0 atom stereocenters. The largest absolute Gasteiger partial charge is 0.493 e. The number of thioether (sulfide) groups is 1. The number of ether oxygens (including phenoxy) is 3. The summed E-state index contributed by atoms with van der Waals surface area (Å²) in [5.41, 5.74) is 0.682. The lowest BCUT2D eigenvalue weighted by molar-refractivity contribution is -0.145. The van der Waals surface area contributed by atoms with Crippen molar-refractivity contribution in [2.75, 3.05) is 26.9 Å². The molecule has 0 aromatic heterocycles. The van der Waals surface area contributed by atoms with Crippen LogP contribution in [0.4, 0.5) is 4.79 Å². The summed E-state index contributed by atoms with van der Waals surface area (Å²) in [6.07, 6.45) is 1.62. The Morgan fingerprint density at radius 3 is 2.60 bits per heavy atom. The van der Waals surface area contributed by atoms with E-state index in [1.807, 2.05) is 0 Å². The van der Waals surface area contributed by atoms with Crippen molar-refractivity contribution in [1.29, 1.82) is 0 Å². The Labute approximate surface area is 149 Å². The average Bonchev–Trinajstić information content (AvgIpc) is 2.86. The molecule has 0 bridgehead atoms. The van der Waals surface area contributed by atoms with Gasteiger partial charge in [-0.2, -0.15) is 0 Å². The van der Waals surface area contributed by atoms with Crippen molar-refractivity contribution in [2.45, 2.75) is 13.8 Å². The first-order chi connectivity index (χ1) is 12.0. The molecule has 8 heteroatoms. The summed E-state index contributed by atoms with van der Waals surface area (Å²) in [6.45, 7) is 3.86. The van der Waals surface area contributed by atoms with Crippen LogP contribution in [0.15, 0.2) is 23.1 Å². The molecule has 1 fully saturated rings. The van der Waals surface area contributed by atoms with Crippen LogP contribution in [-0.4, -0.2) is 48.9 Å². The highest BCUT2D eigenvalue weighted by Crippen LogP contribution is 2.34. The molecule has 2 rings (SSSR count). The Hall–Kier alpha value is -2.48. The quantitative estimate of drug-likeness (QED) is 0.543. The molecule has 25 heavy (non-hydrogen) atoms. The zero-order valence-corrected chi connectivity index (χ0v) is 15.1. The van der Waals surface area contributed by atoms with Gasteiger partial charge in [-0.15, -0.1) is 0 Å². The summed E-state index contributed by atoms with van der Waals surface area (Å²) >= 11 is 0.904. The van der Waals surface area contributed by atoms with Crippen LogP contribution in [0, 0.1) is 0 Å². The predicted octanol–water partition coefficient (Wildman–Crippen LogP) is 2.69. The minimum atomic E-state index is -0.470. The molecule has 0 radical (unpaired) electrons. The first-order valence-electron chi connectivity index (χ1n) is 7.72. The molecule has 1 aromatic carbocycles. The molecule has 0 spiro atoms. The Morgan fingerprint density at radius 2 is 2.00 bits per heavy atom. The van der Waals surface area contributed by atoms with Gasteiger partial charge in [0.2, 0.25) is 0 Å². The number of hydrogen-bond donors (Lipinski definition) is 0. The maximum Gasteiger partial charge on any atom is 0.344 e. The van der Waals surface area contributed by atoms with Gasteiger partial charge in [0.25, 0.3) is 11.1 Å². The number of likely N-dealkylation sites (N-methyl/N-ethyl adjacent to an activating group) is 1.